The maximum absolute atomic E-state index is 13.2. The number of hydrogen-bond donors (Lipinski definition) is 0. The molecule has 0 amide bonds. The second-order valence-corrected chi connectivity index (χ2v) is 9.65. The number of rotatable bonds is 3. The summed E-state index contributed by atoms with van der Waals surface area (Å²) in [5, 5.41) is 0. The van der Waals surface area contributed by atoms with E-state index in [-0.39, 0.29) is 18.0 Å². The predicted octanol–water partition coefficient (Wildman–Crippen LogP) is 4.02. The second kappa shape index (κ2) is 8.49. The Morgan fingerprint density at radius 2 is 1.67 bits per heavy atom. The Morgan fingerprint density at radius 1 is 0.939 bits per heavy atom. The summed E-state index contributed by atoms with van der Waals surface area (Å²) in [5.41, 5.74) is 1.48. The zero-order valence-corrected chi connectivity index (χ0v) is 18.8. The van der Waals surface area contributed by atoms with E-state index in [0.29, 0.717) is 41.9 Å². The molecule has 7 nitrogen and oxygen atoms in total. The fourth-order valence-corrected chi connectivity index (χ4v) is 5.39. The van der Waals surface area contributed by atoms with E-state index in [0.717, 1.165) is 17.7 Å². The first kappa shape index (κ1) is 21.4. The van der Waals surface area contributed by atoms with E-state index >= 15 is 0 Å². The van der Waals surface area contributed by atoms with E-state index in [1.54, 1.807) is 7.11 Å². The summed E-state index contributed by atoms with van der Waals surface area (Å²) in [6, 6.07) is 18.0. The number of halogens is 1. The average molecular weight is 468 g/mol. The van der Waals surface area contributed by atoms with Gasteiger partial charge in [-0.15, -0.1) is 0 Å². The minimum absolute atomic E-state index is 0.0848. The number of para-hydroxylation sites is 2. The number of benzene rings is 3. The Morgan fingerprint density at radius 3 is 2.39 bits per heavy atom. The lowest BCUT2D eigenvalue weighted by atomic mass is 10.1. The smallest absolute Gasteiger partial charge is 0.243 e. The third-order valence-corrected chi connectivity index (χ3v) is 7.64. The van der Waals surface area contributed by atoms with Crippen LogP contribution in [-0.2, 0) is 10.0 Å². The molecule has 0 saturated carbocycles. The van der Waals surface area contributed by atoms with Gasteiger partial charge < -0.3 is 14.4 Å². The monoisotopic (exact) mass is 467 g/mol. The van der Waals surface area contributed by atoms with Crippen LogP contribution < -0.4 is 9.47 Å². The second-order valence-electron chi connectivity index (χ2n) is 7.71. The summed E-state index contributed by atoms with van der Waals surface area (Å²) in [6.45, 7) is 1.44. The third kappa shape index (κ3) is 4.05. The molecule has 1 fully saturated rings. The lowest BCUT2D eigenvalue weighted by Gasteiger charge is -2.36. The molecule has 2 aliphatic heterocycles. The SMILES string of the molecule is COc1ccc2c(c1)C(N1CCN(S(=O)(=O)c3ccc(F)cc3)CC1)=Nc1ccccc1O2. The fourth-order valence-electron chi connectivity index (χ4n) is 3.97. The van der Waals surface area contributed by atoms with E-state index in [9.17, 15) is 12.8 Å². The van der Waals surface area contributed by atoms with Crippen LogP contribution in [0.4, 0.5) is 10.1 Å². The number of piperazine rings is 1. The van der Waals surface area contributed by atoms with Crippen molar-refractivity contribution in [2.75, 3.05) is 33.3 Å². The first-order valence-electron chi connectivity index (χ1n) is 10.5. The predicted molar refractivity (Wildman–Crippen MR) is 122 cm³/mol. The van der Waals surface area contributed by atoms with Crippen molar-refractivity contribution in [3.63, 3.8) is 0 Å². The number of ether oxygens (including phenoxy) is 2. The molecule has 5 rings (SSSR count). The van der Waals surface area contributed by atoms with Crippen LogP contribution in [0.25, 0.3) is 0 Å². The Kier molecular flexibility index (Phi) is 5.51. The van der Waals surface area contributed by atoms with Gasteiger partial charge in [-0.05, 0) is 54.6 Å². The van der Waals surface area contributed by atoms with Crippen molar-refractivity contribution >= 4 is 21.5 Å². The quantitative estimate of drug-likeness (QED) is 0.582. The number of nitrogens with zero attached hydrogens (tertiary/aromatic N) is 3. The highest BCUT2D eigenvalue weighted by Gasteiger charge is 2.31. The van der Waals surface area contributed by atoms with Crippen molar-refractivity contribution in [1.29, 1.82) is 0 Å². The van der Waals surface area contributed by atoms with E-state index < -0.39 is 15.8 Å². The minimum Gasteiger partial charge on any atom is -0.497 e. The number of amidine groups is 1. The molecule has 0 unspecified atom stereocenters. The number of aliphatic imine (C=N–C) groups is 1. The van der Waals surface area contributed by atoms with Crippen molar-refractivity contribution < 1.29 is 22.3 Å². The lowest BCUT2D eigenvalue weighted by Crippen LogP contribution is -2.50. The highest BCUT2D eigenvalue weighted by Crippen LogP contribution is 2.39. The maximum atomic E-state index is 13.2. The van der Waals surface area contributed by atoms with Gasteiger partial charge in [-0.3, -0.25) is 0 Å². The molecule has 3 aromatic carbocycles. The van der Waals surface area contributed by atoms with E-state index in [1.165, 1.54) is 16.4 Å². The third-order valence-electron chi connectivity index (χ3n) is 5.73. The average Bonchev–Trinajstić information content (AvgIpc) is 3.00. The van der Waals surface area contributed by atoms with Crippen molar-refractivity contribution in [2.45, 2.75) is 4.90 Å². The van der Waals surface area contributed by atoms with Gasteiger partial charge in [0.15, 0.2) is 5.75 Å². The lowest BCUT2D eigenvalue weighted by molar-refractivity contribution is 0.266. The molecule has 3 aromatic rings. The van der Waals surface area contributed by atoms with E-state index in [2.05, 4.69) is 4.90 Å². The summed E-state index contributed by atoms with van der Waals surface area (Å²) < 4.78 is 52.2. The van der Waals surface area contributed by atoms with Crippen LogP contribution in [0, 0.1) is 5.82 Å². The Balaban J connectivity index is 1.45. The number of methoxy groups -OCH3 is 1. The molecule has 9 heteroatoms. The molecule has 2 heterocycles. The minimum atomic E-state index is -3.70. The molecule has 0 aromatic heterocycles. The maximum Gasteiger partial charge on any atom is 0.243 e. The van der Waals surface area contributed by atoms with E-state index in [1.807, 2.05) is 42.5 Å². The number of hydrogen-bond acceptors (Lipinski definition) is 6. The molecule has 0 atom stereocenters. The molecule has 2 aliphatic rings. The number of sulfonamides is 1. The normalized spacial score (nSPS) is 16.2. The molecule has 0 aliphatic carbocycles. The van der Waals surface area contributed by atoms with Crippen LogP contribution in [0.5, 0.6) is 17.2 Å². The van der Waals surface area contributed by atoms with Crippen molar-refractivity contribution in [3.8, 4) is 17.2 Å². The van der Waals surface area contributed by atoms with Crippen molar-refractivity contribution in [2.24, 2.45) is 4.99 Å². The number of fused-ring (bicyclic) bond motifs is 2. The molecular formula is C24H22FN3O4S. The van der Waals surface area contributed by atoms with Gasteiger partial charge in [-0.1, -0.05) is 12.1 Å². The molecule has 0 radical (unpaired) electrons. The van der Waals surface area contributed by atoms with Gasteiger partial charge in [0.05, 0.1) is 17.6 Å². The highest BCUT2D eigenvalue weighted by molar-refractivity contribution is 7.89. The fraction of sp³-hybridized carbons (Fsp3) is 0.208. The van der Waals surface area contributed by atoms with Gasteiger partial charge in [-0.2, -0.15) is 4.31 Å². The van der Waals surface area contributed by atoms with Crippen LogP contribution in [0.1, 0.15) is 5.56 Å². The molecule has 0 N–H and O–H groups in total. The first-order valence-corrected chi connectivity index (χ1v) is 11.9. The van der Waals surface area contributed by atoms with Crippen LogP contribution >= 0.6 is 0 Å². The van der Waals surface area contributed by atoms with Crippen molar-refractivity contribution in [3.05, 3.63) is 78.1 Å². The zero-order valence-electron chi connectivity index (χ0n) is 17.9. The summed E-state index contributed by atoms with van der Waals surface area (Å²) in [4.78, 5) is 7.03. The van der Waals surface area contributed by atoms with Gasteiger partial charge >= 0.3 is 0 Å². The van der Waals surface area contributed by atoms with Gasteiger partial charge in [0.2, 0.25) is 10.0 Å². The van der Waals surface area contributed by atoms with Gasteiger partial charge in [0.25, 0.3) is 0 Å². The van der Waals surface area contributed by atoms with Gasteiger partial charge in [-0.25, -0.2) is 17.8 Å². The van der Waals surface area contributed by atoms with E-state index in [4.69, 9.17) is 14.5 Å². The van der Waals surface area contributed by atoms with Crippen LogP contribution in [0.2, 0.25) is 0 Å². The Bertz CT molecular complexity index is 1320. The largest absolute Gasteiger partial charge is 0.497 e. The summed E-state index contributed by atoms with van der Waals surface area (Å²) in [6.07, 6.45) is 0. The zero-order chi connectivity index (χ0) is 23.0. The highest BCUT2D eigenvalue weighted by atomic mass is 32.2. The first-order chi connectivity index (χ1) is 16.0. The summed E-state index contributed by atoms with van der Waals surface area (Å²) in [7, 11) is -2.10. The molecule has 1 saturated heterocycles. The van der Waals surface area contributed by atoms with Gasteiger partial charge in [0, 0.05) is 26.2 Å². The molecule has 0 bridgehead atoms. The van der Waals surface area contributed by atoms with Crippen LogP contribution in [0.3, 0.4) is 0 Å². The van der Waals surface area contributed by atoms with Crippen molar-refractivity contribution in [1.82, 2.24) is 9.21 Å². The molecule has 0 spiro atoms. The molecule has 170 valence electrons. The molecular weight excluding hydrogens is 445 g/mol. The summed E-state index contributed by atoms with van der Waals surface area (Å²) >= 11 is 0. The Hall–Kier alpha value is -3.43. The topological polar surface area (TPSA) is 71.4 Å². The standard InChI is InChI=1S/C24H22FN3O4S/c1-31-18-8-11-22-20(16-18)24(26-21-4-2-3-5-23(21)32-22)27-12-14-28(15-13-27)33(29,30)19-9-6-17(25)7-10-19/h2-11,16H,12-15H2,1H3. The summed E-state index contributed by atoms with van der Waals surface area (Å²) in [5.74, 6) is 2.21. The molecule has 33 heavy (non-hydrogen) atoms. The van der Waals surface area contributed by atoms with Gasteiger partial charge in [0.1, 0.15) is 28.8 Å². The van der Waals surface area contributed by atoms with Crippen LogP contribution in [0.15, 0.2) is 76.6 Å². The Labute approximate surface area is 191 Å². The van der Waals surface area contributed by atoms with Crippen LogP contribution in [-0.4, -0.2) is 56.7 Å².